The molecule has 0 fully saturated rings. The van der Waals surface area contributed by atoms with E-state index in [0.29, 0.717) is 5.69 Å². The molecule has 0 bridgehead atoms. The van der Waals surface area contributed by atoms with E-state index >= 15 is 0 Å². The first kappa shape index (κ1) is 9.37. The molecule has 1 rings (SSSR count). The van der Waals surface area contributed by atoms with Gasteiger partial charge in [-0.25, -0.2) is 0 Å². The normalized spacial score (nSPS) is 11.5. The summed E-state index contributed by atoms with van der Waals surface area (Å²) in [6.45, 7) is 0. The van der Waals surface area contributed by atoms with Crippen molar-refractivity contribution in [2.24, 2.45) is 0 Å². The number of hydrogen-bond acceptors (Lipinski definition) is 4. The van der Waals surface area contributed by atoms with E-state index in [1.807, 2.05) is 0 Å². The summed E-state index contributed by atoms with van der Waals surface area (Å²) in [5.41, 5.74) is 5.74. The van der Waals surface area contributed by atoms with Gasteiger partial charge >= 0.3 is 0 Å². The predicted molar refractivity (Wildman–Crippen MR) is 47.9 cm³/mol. The van der Waals surface area contributed by atoms with Crippen LogP contribution in [0, 0.1) is 0 Å². The van der Waals surface area contributed by atoms with Crippen molar-refractivity contribution in [1.82, 2.24) is 0 Å². The maximum absolute atomic E-state index is 10.6. The van der Waals surface area contributed by atoms with E-state index in [-0.39, 0.29) is 9.79 Å². The monoisotopic (exact) mass is 205 g/mol. The van der Waals surface area contributed by atoms with E-state index in [9.17, 15) is 8.42 Å². The highest BCUT2D eigenvalue weighted by Crippen LogP contribution is 2.21. The third kappa shape index (κ3) is 1.90. The summed E-state index contributed by atoms with van der Waals surface area (Å²) in [7, 11) is -4.18. The van der Waals surface area contributed by atoms with Crippen molar-refractivity contribution in [3.63, 3.8) is 0 Å². The number of nitrogens with two attached hydrogens (primary N) is 1. The number of rotatable bonds is 1. The highest BCUT2D eigenvalue weighted by Gasteiger charge is 2.12. The summed E-state index contributed by atoms with van der Waals surface area (Å²) in [5, 5.41) is 0. The molecule has 0 saturated carbocycles. The summed E-state index contributed by atoms with van der Waals surface area (Å²) in [6.07, 6.45) is 0. The number of thiol groups is 1. The molecule has 0 unspecified atom stereocenters. The molecule has 1 aromatic rings. The average molecular weight is 205 g/mol. The highest BCUT2D eigenvalue weighted by molar-refractivity contribution is 7.87. The van der Waals surface area contributed by atoms with Crippen LogP contribution in [0.25, 0.3) is 0 Å². The van der Waals surface area contributed by atoms with Gasteiger partial charge in [-0.2, -0.15) is 8.42 Å². The quantitative estimate of drug-likeness (QED) is 0.360. The van der Waals surface area contributed by atoms with Crippen molar-refractivity contribution in [2.45, 2.75) is 9.79 Å². The van der Waals surface area contributed by atoms with Gasteiger partial charge in [0.05, 0.1) is 0 Å². The van der Waals surface area contributed by atoms with Crippen LogP contribution in [0.3, 0.4) is 0 Å². The summed E-state index contributed by atoms with van der Waals surface area (Å²) in [5.74, 6) is 0. The SMILES string of the molecule is Nc1ccc(S(=O)(=O)O)c(S)c1. The van der Waals surface area contributed by atoms with E-state index in [1.165, 1.54) is 18.2 Å². The van der Waals surface area contributed by atoms with E-state index in [1.54, 1.807) is 0 Å². The van der Waals surface area contributed by atoms with Crippen molar-refractivity contribution in [3.05, 3.63) is 18.2 Å². The molecule has 0 aliphatic carbocycles. The first-order chi connectivity index (χ1) is 5.41. The van der Waals surface area contributed by atoms with Gasteiger partial charge in [0.25, 0.3) is 10.1 Å². The van der Waals surface area contributed by atoms with Crippen LogP contribution in [0.15, 0.2) is 28.0 Å². The molecule has 0 aromatic heterocycles. The van der Waals surface area contributed by atoms with E-state index in [2.05, 4.69) is 12.6 Å². The van der Waals surface area contributed by atoms with Crippen LogP contribution in [0.4, 0.5) is 5.69 Å². The summed E-state index contributed by atoms with van der Waals surface area (Å²) in [4.78, 5) is -0.0995. The zero-order chi connectivity index (χ0) is 9.35. The molecule has 0 heterocycles. The van der Waals surface area contributed by atoms with Crippen LogP contribution >= 0.6 is 12.6 Å². The molecular weight excluding hydrogens is 198 g/mol. The largest absolute Gasteiger partial charge is 0.399 e. The Labute approximate surface area is 75.6 Å². The van der Waals surface area contributed by atoms with Crippen molar-refractivity contribution in [3.8, 4) is 0 Å². The smallest absolute Gasteiger partial charge is 0.295 e. The average Bonchev–Trinajstić information content (AvgIpc) is 1.83. The Morgan fingerprint density at radius 1 is 1.42 bits per heavy atom. The van der Waals surface area contributed by atoms with Crippen LogP contribution in [0.2, 0.25) is 0 Å². The van der Waals surface area contributed by atoms with E-state index in [0.717, 1.165) is 0 Å². The maximum atomic E-state index is 10.6. The minimum atomic E-state index is -4.18. The Bertz CT molecular complexity index is 399. The predicted octanol–water partition coefficient (Wildman–Crippen LogP) is 0.804. The molecule has 0 radical (unpaired) electrons. The van der Waals surface area contributed by atoms with Crippen LogP contribution in [-0.4, -0.2) is 13.0 Å². The lowest BCUT2D eigenvalue weighted by Crippen LogP contribution is -1.99. The Morgan fingerprint density at radius 3 is 2.42 bits per heavy atom. The van der Waals surface area contributed by atoms with Gasteiger partial charge in [0, 0.05) is 10.6 Å². The van der Waals surface area contributed by atoms with Crippen molar-refractivity contribution in [2.75, 3.05) is 5.73 Å². The third-order valence-electron chi connectivity index (χ3n) is 1.26. The number of anilines is 1. The molecule has 66 valence electrons. The Morgan fingerprint density at radius 2 is 2.00 bits per heavy atom. The van der Waals surface area contributed by atoms with Gasteiger partial charge in [0.2, 0.25) is 0 Å². The topological polar surface area (TPSA) is 80.4 Å². The van der Waals surface area contributed by atoms with Gasteiger partial charge in [0.15, 0.2) is 0 Å². The fourth-order valence-corrected chi connectivity index (χ4v) is 1.89. The summed E-state index contributed by atoms with van der Waals surface area (Å²) < 4.78 is 29.9. The molecule has 6 heteroatoms. The lowest BCUT2D eigenvalue weighted by molar-refractivity contribution is 0.481. The van der Waals surface area contributed by atoms with Gasteiger partial charge in [-0.05, 0) is 18.2 Å². The van der Waals surface area contributed by atoms with Crippen LogP contribution in [-0.2, 0) is 10.1 Å². The summed E-state index contributed by atoms with van der Waals surface area (Å²) >= 11 is 3.84. The molecule has 0 spiro atoms. The van der Waals surface area contributed by atoms with Crippen LogP contribution in [0.5, 0.6) is 0 Å². The van der Waals surface area contributed by atoms with Gasteiger partial charge < -0.3 is 5.73 Å². The van der Waals surface area contributed by atoms with Crippen molar-refractivity contribution < 1.29 is 13.0 Å². The maximum Gasteiger partial charge on any atom is 0.295 e. The Hall–Kier alpha value is -0.720. The zero-order valence-corrected chi connectivity index (χ0v) is 7.64. The molecule has 0 atom stereocenters. The molecule has 12 heavy (non-hydrogen) atoms. The number of nitrogen functional groups attached to an aromatic ring is 1. The lowest BCUT2D eigenvalue weighted by atomic mass is 10.3. The number of hydrogen-bond donors (Lipinski definition) is 3. The van der Waals surface area contributed by atoms with Crippen LogP contribution < -0.4 is 5.73 Å². The van der Waals surface area contributed by atoms with E-state index in [4.69, 9.17) is 10.3 Å². The second-order valence-electron chi connectivity index (χ2n) is 2.20. The van der Waals surface area contributed by atoms with Gasteiger partial charge in [-0.1, -0.05) is 0 Å². The molecule has 0 amide bonds. The highest BCUT2D eigenvalue weighted by atomic mass is 32.2. The lowest BCUT2D eigenvalue weighted by Gasteiger charge is -2.01. The molecule has 0 saturated heterocycles. The first-order valence-corrected chi connectivity index (χ1v) is 4.86. The van der Waals surface area contributed by atoms with Gasteiger partial charge in [-0.3, -0.25) is 4.55 Å². The molecule has 1 aromatic carbocycles. The van der Waals surface area contributed by atoms with Gasteiger partial charge in [-0.15, -0.1) is 12.6 Å². The second kappa shape index (κ2) is 2.96. The second-order valence-corrected chi connectivity index (χ2v) is 4.07. The summed E-state index contributed by atoms with van der Waals surface area (Å²) in [6, 6.07) is 3.93. The Kier molecular flexibility index (Phi) is 2.31. The minimum Gasteiger partial charge on any atom is -0.399 e. The van der Waals surface area contributed by atoms with Gasteiger partial charge in [0.1, 0.15) is 4.90 Å². The zero-order valence-electron chi connectivity index (χ0n) is 5.93. The Balaban J connectivity index is 3.39. The van der Waals surface area contributed by atoms with Crippen molar-refractivity contribution >= 4 is 28.4 Å². The fraction of sp³-hybridized carbons (Fsp3) is 0. The molecule has 0 aliphatic heterocycles. The van der Waals surface area contributed by atoms with Crippen LogP contribution in [0.1, 0.15) is 0 Å². The molecule has 0 aliphatic rings. The standard InChI is InChI=1S/C6H7NO3S2/c7-4-1-2-6(5(11)3-4)12(8,9)10/h1-3,11H,7H2,(H,8,9,10). The fourth-order valence-electron chi connectivity index (χ4n) is 0.753. The third-order valence-corrected chi connectivity index (χ3v) is 2.69. The first-order valence-electron chi connectivity index (χ1n) is 2.97. The molecule has 3 N–H and O–H groups in total. The molecule has 4 nitrogen and oxygen atoms in total. The molecular formula is C6H7NO3S2. The van der Waals surface area contributed by atoms with E-state index < -0.39 is 10.1 Å². The minimum absolute atomic E-state index is 0.137. The number of benzene rings is 1. The van der Waals surface area contributed by atoms with Crippen molar-refractivity contribution in [1.29, 1.82) is 0 Å².